The molecule has 5 rings (SSSR count). The van der Waals surface area contributed by atoms with Crippen LogP contribution in [-0.4, -0.2) is 67.9 Å². The van der Waals surface area contributed by atoms with E-state index in [0.717, 1.165) is 37.3 Å². The van der Waals surface area contributed by atoms with Gasteiger partial charge in [0.1, 0.15) is 5.52 Å². The lowest BCUT2D eigenvalue weighted by Crippen LogP contribution is -2.35. The average molecular weight is 559 g/mol. The predicted octanol–water partition coefficient (Wildman–Crippen LogP) is 5.31. The summed E-state index contributed by atoms with van der Waals surface area (Å²) in [6.45, 7) is 4.51. The molecule has 3 aliphatic rings. The normalized spacial score (nSPS) is 19.5. The minimum absolute atomic E-state index is 0.0724. The quantitative estimate of drug-likeness (QED) is 0.273. The monoisotopic (exact) mass is 558 g/mol. The molecular weight excluding hydrogens is 508 g/mol. The van der Waals surface area contributed by atoms with Gasteiger partial charge in [0.2, 0.25) is 5.95 Å². The second-order valence-electron chi connectivity index (χ2n) is 11.6. The summed E-state index contributed by atoms with van der Waals surface area (Å²) in [6, 6.07) is 0.674. The first kappa shape index (κ1) is 31.6. The van der Waals surface area contributed by atoms with Crippen molar-refractivity contribution in [3.05, 3.63) is 5.82 Å². The maximum absolute atomic E-state index is 11.0. The number of hydrogen-bond donors (Lipinski definition) is 4. The molecule has 2 aromatic heterocycles. The topological polar surface area (TPSA) is 155 Å². The molecule has 3 saturated carbocycles. The fraction of sp³-hybridized carbons (Fsp3) is 0.759. The van der Waals surface area contributed by atoms with Gasteiger partial charge in [-0.15, -0.1) is 0 Å². The van der Waals surface area contributed by atoms with Gasteiger partial charge in [0.25, 0.3) is 0 Å². The van der Waals surface area contributed by atoms with Crippen molar-refractivity contribution in [2.45, 2.75) is 109 Å². The molecule has 40 heavy (non-hydrogen) atoms. The molecule has 11 nitrogen and oxygen atoms in total. The molecule has 1 atom stereocenters. The van der Waals surface area contributed by atoms with E-state index in [1.54, 1.807) is 0 Å². The Labute approximate surface area is 238 Å². The van der Waals surface area contributed by atoms with Crippen LogP contribution < -0.4 is 16.0 Å². The Bertz CT molecular complexity index is 1120. The molecule has 0 saturated heterocycles. The van der Waals surface area contributed by atoms with Crippen LogP contribution in [0.25, 0.3) is 11.2 Å². The van der Waals surface area contributed by atoms with Gasteiger partial charge >= 0.3 is 6.09 Å². The summed E-state index contributed by atoms with van der Waals surface area (Å²) in [7, 11) is 5.05. The van der Waals surface area contributed by atoms with Crippen molar-refractivity contribution in [2.75, 3.05) is 24.4 Å². The number of carboxylic acid groups (broad SMARTS) is 1. The third kappa shape index (κ3) is 8.05. The molecule has 0 bridgehead atoms. The number of imidazole rings is 1. The van der Waals surface area contributed by atoms with Crippen molar-refractivity contribution in [3.63, 3.8) is 0 Å². The molecule has 2 aromatic rings. The third-order valence-electron chi connectivity index (χ3n) is 8.71. The third-order valence-corrected chi connectivity index (χ3v) is 8.71. The van der Waals surface area contributed by atoms with Crippen LogP contribution in [0.2, 0.25) is 0 Å². The molecule has 11 heteroatoms. The zero-order chi connectivity index (χ0) is 29.2. The predicted molar refractivity (Wildman–Crippen MR) is 161 cm³/mol. The maximum Gasteiger partial charge on any atom is 0.433 e. The molecule has 0 spiro atoms. The number of hydrogen-bond acceptors (Lipinski definition) is 7. The van der Waals surface area contributed by atoms with Gasteiger partial charge in [-0.05, 0) is 44.4 Å². The molecule has 5 N–H and O–H groups in total. The van der Waals surface area contributed by atoms with Gasteiger partial charge in [-0.1, -0.05) is 64.7 Å². The first-order chi connectivity index (χ1) is 19.2. The van der Waals surface area contributed by atoms with Crippen molar-refractivity contribution in [1.82, 2.24) is 19.5 Å². The lowest BCUT2D eigenvalue weighted by atomic mass is 9.80. The first-order valence-corrected chi connectivity index (χ1v) is 15.0. The van der Waals surface area contributed by atoms with E-state index < -0.39 is 6.09 Å². The fourth-order valence-electron chi connectivity index (χ4n) is 5.99. The van der Waals surface area contributed by atoms with Crippen LogP contribution in [0.15, 0.2) is 4.99 Å². The zero-order valence-corrected chi connectivity index (χ0v) is 25.1. The second-order valence-corrected chi connectivity index (χ2v) is 11.6. The number of anilines is 2. The van der Waals surface area contributed by atoms with E-state index in [9.17, 15) is 4.79 Å². The Morgan fingerprint density at radius 3 is 2.10 bits per heavy atom. The van der Waals surface area contributed by atoms with Crippen molar-refractivity contribution in [2.24, 2.45) is 29.6 Å². The highest BCUT2D eigenvalue weighted by atomic mass is 16.4. The molecule has 3 fully saturated rings. The van der Waals surface area contributed by atoms with E-state index in [1.807, 2.05) is 11.6 Å². The minimum Gasteiger partial charge on any atom is -0.463 e. The smallest absolute Gasteiger partial charge is 0.433 e. The summed E-state index contributed by atoms with van der Waals surface area (Å²) in [5.74, 6) is 2.90. The number of aryl methyl sites for hydroxylation is 1. The van der Waals surface area contributed by atoms with Crippen molar-refractivity contribution >= 4 is 34.9 Å². The van der Waals surface area contributed by atoms with E-state index in [-0.39, 0.29) is 17.7 Å². The number of amides is 1. The Kier molecular flexibility index (Phi) is 12.0. The molecule has 0 unspecified atom stereocenters. The number of nitrogens with two attached hydrogens (primary N) is 1. The van der Waals surface area contributed by atoms with Crippen LogP contribution >= 0.6 is 0 Å². The van der Waals surface area contributed by atoms with Crippen molar-refractivity contribution in [3.8, 4) is 0 Å². The Hall–Kier alpha value is -2.95. The Balaban J connectivity index is 0.000000422. The number of nitrogens with one attached hydrogen (secondary N) is 1. The number of aliphatic hydroxyl groups excluding tert-OH is 1. The molecule has 2 heterocycles. The van der Waals surface area contributed by atoms with Crippen LogP contribution in [0.4, 0.5) is 16.6 Å². The molecule has 1 amide bonds. The van der Waals surface area contributed by atoms with Crippen molar-refractivity contribution in [1.29, 1.82) is 0 Å². The van der Waals surface area contributed by atoms with Crippen LogP contribution in [0, 0.1) is 11.8 Å². The van der Waals surface area contributed by atoms with E-state index >= 15 is 0 Å². The fourth-order valence-corrected chi connectivity index (χ4v) is 5.99. The first-order valence-electron chi connectivity index (χ1n) is 15.0. The highest BCUT2D eigenvalue weighted by Gasteiger charge is 2.28. The summed E-state index contributed by atoms with van der Waals surface area (Å²) in [4.78, 5) is 30.4. The van der Waals surface area contributed by atoms with Gasteiger partial charge in [-0.3, -0.25) is 0 Å². The van der Waals surface area contributed by atoms with E-state index in [1.165, 1.54) is 70.6 Å². The summed E-state index contributed by atoms with van der Waals surface area (Å²) >= 11 is 0. The maximum atomic E-state index is 11.0. The lowest BCUT2D eigenvalue weighted by molar-refractivity contribution is 0.205. The molecule has 0 radical (unpaired) electrons. The van der Waals surface area contributed by atoms with Gasteiger partial charge in [0.05, 0.1) is 0 Å². The van der Waals surface area contributed by atoms with E-state index in [0.29, 0.717) is 23.4 Å². The van der Waals surface area contributed by atoms with Crippen molar-refractivity contribution < 1.29 is 15.0 Å². The van der Waals surface area contributed by atoms with Gasteiger partial charge in [0.15, 0.2) is 23.1 Å². The van der Waals surface area contributed by atoms with Gasteiger partial charge in [-0.25, -0.2) is 14.8 Å². The van der Waals surface area contributed by atoms with E-state index in [4.69, 9.17) is 20.9 Å². The van der Waals surface area contributed by atoms with Gasteiger partial charge in [-0.2, -0.15) is 9.98 Å². The number of aliphatic hydroxyl groups is 1. The van der Waals surface area contributed by atoms with Crippen LogP contribution in [0.5, 0.6) is 0 Å². The number of carbonyl (C=O) groups is 1. The average Bonchev–Trinajstić information content (AvgIpc) is 3.25. The number of aromatic nitrogens is 4. The van der Waals surface area contributed by atoms with Crippen LogP contribution in [0.1, 0.15) is 103 Å². The minimum atomic E-state index is -1.38. The summed E-state index contributed by atoms with van der Waals surface area (Å²) in [6.07, 6.45) is 15.8. The lowest BCUT2D eigenvalue weighted by Gasteiger charge is -2.32. The largest absolute Gasteiger partial charge is 0.463 e. The molecule has 0 aliphatic heterocycles. The van der Waals surface area contributed by atoms with Crippen LogP contribution in [-0.2, 0) is 7.05 Å². The zero-order valence-electron chi connectivity index (χ0n) is 25.1. The van der Waals surface area contributed by atoms with Gasteiger partial charge in [0, 0.05) is 33.3 Å². The summed E-state index contributed by atoms with van der Waals surface area (Å²) in [5.41, 5.74) is 7.15. The molecular formula is C29H50N8O3. The Morgan fingerprint density at radius 1 is 1.00 bits per heavy atom. The standard InChI is InChI=1S/C21H32N8O2.C7H14.CH4O/c1-12(13-8-7-9-13)23-17-15-18(26-19(25-17)16(22)24-21(30)31)27-20(29(15)3)28(2)14-10-5-4-6-11-14;1-7-5-3-2-4-6-7;1-2/h12-14H,4-11H2,1-3H3,(H2,22,24)(H,30,31)(H,23,25,26);7H,2-6H2,1H3;2H,1H3/t12-;;/m1../s1. The number of nitrogens with zero attached hydrogens (tertiary/aromatic N) is 6. The number of rotatable bonds is 6. The Morgan fingerprint density at radius 2 is 1.60 bits per heavy atom. The SMILES string of the molecule is CC1CCCCC1.CO.C[C@@H](Nc1nc(/C(N)=N/C(=O)O)nc2nc(N(C)C3CCCCC3)n(C)c12)C1CCC1. The highest BCUT2D eigenvalue weighted by molar-refractivity contribution is 6.01. The second kappa shape index (κ2) is 15.2. The number of amidine groups is 1. The van der Waals surface area contributed by atoms with E-state index in [2.05, 4.69) is 46.1 Å². The summed E-state index contributed by atoms with van der Waals surface area (Å²) in [5, 5.41) is 19.5. The number of fused-ring (bicyclic) bond motifs is 1. The highest BCUT2D eigenvalue weighted by Crippen LogP contribution is 2.33. The molecule has 3 aliphatic carbocycles. The number of aliphatic imine (C=N–C) groups is 1. The molecule has 224 valence electrons. The summed E-state index contributed by atoms with van der Waals surface area (Å²) < 4.78 is 2.02. The molecule has 0 aromatic carbocycles. The van der Waals surface area contributed by atoms with Crippen LogP contribution in [0.3, 0.4) is 0 Å². The van der Waals surface area contributed by atoms with Gasteiger partial charge < -0.3 is 30.7 Å².